The van der Waals surface area contributed by atoms with Crippen molar-refractivity contribution in [2.75, 3.05) is 0 Å². The molecule has 3 nitrogen and oxygen atoms in total. The zero-order valence-electron chi connectivity index (χ0n) is 5.60. The monoisotopic (exact) mass is 190 g/mol. The van der Waals surface area contributed by atoms with E-state index in [1.54, 1.807) is 23.9 Å². The molecule has 0 aliphatic rings. The maximum atomic E-state index is 8.73. The topological polar surface area (TPSA) is 37.5 Å². The van der Waals surface area contributed by atoms with E-state index in [1.807, 2.05) is 10.6 Å². The summed E-state index contributed by atoms with van der Waals surface area (Å²) in [6.07, 6.45) is 5.39. The summed E-state index contributed by atoms with van der Waals surface area (Å²) in [5, 5.41) is 8.73. The molecule has 2 aromatic rings. The largest absolute Gasteiger partial charge is 0.391 e. The molecule has 1 N–H and O–H groups in total. The Hall–Kier alpha value is -0.580. The third kappa shape index (κ3) is 1.38. The molecular weight excluding hydrogens is 184 g/mol. The Morgan fingerprint density at radius 2 is 2.45 bits per heavy atom. The Balaban J connectivity index is 0.000000605. The fourth-order valence-corrected chi connectivity index (χ4v) is 1.68. The summed E-state index contributed by atoms with van der Waals surface area (Å²) >= 11 is 1.55. The van der Waals surface area contributed by atoms with E-state index in [9.17, 15) is 0 Å². The van der Waals surface area contributed by atoms with E-state index in [4.69, 9.17) is 5.11 Å². The molecule has 0 amide bonds. The second kappa shape index (κ2) is 3.21. The van der Waals surface area contributed by atoms with Crippen molar-refractivity contribution in [3.63, 3.8) is 0 Å². The second-order valence-electron chi connectivity index (χ2n) is 1.99. The number of rotatable bonds is 1. The lowest BCUT2D eigenvalue weighted by atomic mass is 10.6. The van der Waals surface area contributed by atoms with Gasteiger partial charge in [-0.25, -0.2) is 4.98 Å². The van der Waals surface area contributed by atoms with Crippen molar-refractivity contribution in [2.24, 2.45) is 0 Å². The molecule has 60 valence electrons. The first-order valence-corrected chi connectivity index (χ1v) is 3.73. The van der Waals surface area contributed by atoms with Crippen LogP contribution in [-0.4, -0.2) is 14.5 Å². The first-order chi connectivity index (χ1) is 4.90. The number of imidazole rings is 1. The smallest absolute Gasteiger partial charge is 0.119 e. The van der Waals surface area contributed by atoms with Crippen LogP contribution in [0.3, 0.4) is 0 Å². The van der Waals surface area contributed by atoms with Crippen LogP contribution in [0.1, 0.15) is 4.88 Å². The van der Waals surface area contributed by atoms with Gasteiger partial charge < -0.3 is 5.11 Å². The highest BCUT2D eigenvalue weighted by molar-refractivity contribution is 7.17. The average molecular weight is 191 g/mol. The number of nitrogens with zero attached hydrogens (tertiary/aromatic N) is 2. The normalized spacial score (nSPS) is 9.91. The number of aliphatic hydroxyl groups excluding tert-OH is 1. The number of fused-ring (bicyclic) bond motifs is 1. The number of hydrogen-bond donors (Lipinski definition) is 1. The summed E-state index contributed by atoms with van der Waals surface area (Å²) in [5.74, 6) is 0. The van der Waals surface area contributed by atoms with Gasteiger partial charge in [0.2, 0.25) is 0 Å². The average Bonchev–Trinajstić information content (AvgIpc) is 2.42. The van der Waals surface area contributed by atoms with Gasteiger partial charge in [0, 0.05) is 11.1 Å². The molecule has 2 heterocycles. The van der Waals surface area contributed by atoms with Crippen molar-refractivity contribution < 1.29 is 5.11 Å². The fraction of sp³-hybridized carbons (Fsp3) is 0.167. The summed E-state index contributed by atoms with van der Waals surface area (Å²) in [4.78, 5) is 5.97. The first-order valence-electron chi connectivity index (χ1n) is 2.91. The molecule has 2 aromatic heterocycles. The van der Waals surface area contributed by atoms with Gasteiger partial charge in [-0.3, -0.25) is 4.40 Å². The predicted octanol–water partition coefficient (Wildman–Crippen LogP) is 1.31. The van der Waals surface area contributed by atoms with Gasteiger partial charge in [-0.15, -0.1) is 23.7 Å². The fourth-order valence-electron chi connectivity index (χ4n) is 0.857. The molecule has 0 aromatic carbocycles. The zero-order valence-corrected chi connectivity index (χ0v) is 7.23. The van der Waals surface area contributed by atoms with E-state index in [-0.39, 0.29) is 19.0 Å². The van der Waals surface area contributed by atoms with E-state index in [1.165, 1.54) is 0 Å². The maximum Gasteiger partial charge on any atom is 0.119 e. The molecule has 0 saturated heterocycles. The van der Waals surface area contributed by atoms with E-state index < -0.39 is 0 Å². The second-order valence-corrected chi connectivity index (χ2v) is 3.14. The molecule has 0 aliphatic heterocycles. The number of aliphatic hydroxyl groups is 1. The zero-order chi connectivity index (χ0) is 6.97. The number of thiazole rings is 1. The van der Waals surface area contributed by atoms with Gasteiger partial charge >= 0.3 is 0 Å². The Kier molecular flexibility index (Phi) is 2.49. The van der Waals surface area contributed by atoms with Crippen LogP contribution in [0.15, 0.2) is 18.7 Å². The quantitative estimate of drug-likeness (QED) is 0.737. The molecule has 0 atom stereocenters. The Bertz CT molecular complexity index is 314. The van der Waals surface area contributed by atoms with E-state index in [0.29, 0.717) is 0 Å². The van der Waals surface area contributed by atoms with Crippen LogP contribution in [0.25, 0.3) is 4.83 Å². The molecular formula is C6H7ClN2OS. The number of hydrogen-bond acceptors (Lipinski definition) is 3. The minimum Gasteiger partial charge on any atom is -0.391 e. The number of halogens is 1. The van der Waals surface area contributed by atoms with Crippen molar-refractivity contribution >= 4 is 28.6 Å². The van der Waals surface area contributed by atoms with Crippen LogP contribution in [0, 0.1) is 0 Å². The Morgan fingerprint density at radius 3 is 3.09 bits per heavy atom. The van der Waals surface area contributed by atoms with Gasteiger partial charge in [0.15, 0.2) is 0 Å². The predicted molar refractivity (Wildman–Crippen MR) is 46.2 cm³/mol. The molecule has 0 bridgehead atoms. The summed E-state index contributed by atoms with van der Waals surface area (Å²) < 4.78 is 1.90. The summed E-state index contributed by atoms with van der Waals surface area (Å²) in [6.45, 7) is 0.117. The third-order valence-corrected chi connectivity index (χ3v) is 2.33. The van der Waals surface area contributed by atoms with Gasteiger partial charge in [-0.2, -0.15) is 0 Å². The molecule has 0 fully saturated rings. The SMILES string of the molecule is Cl.OCc1cn2cncc2s1. The third-order valence-electron chi connectivity index (χ3n) is 1.31. The Labute approximate surface area is 73.7 Å². The van der Waals surface area contributed by atoms with Crippen LogP contribution >= 0.6 is 23.7 Å². The lowest BCUT2D eigenvalue weighted by molar-refractivity contribution is 0.285. The van der Waals surface area contributed by atoms with E-state index in [2.05, 4.69) is 4.98 Å². The highest BCUT2D eigenvalue weighted by atomic mass is 35.5. The molecule has 5 heteroatoms. The van der Waals surface area contributed by atoms with Gasteiger partial charge in [0.25, 0.3) is 0 Å². The van der Waals surface area contributed by atoms with Crippen LogP contribution in [-0.2, 0) is 6.61 Å². The van der Waals surface area contributed by atoms with Crippen LogP contribution in [0.5, 0.6) is 0 Å². The van der Waals surface area contributed by atoms with Crippen LogP contribution < -0.4 is 0 Å². The van der Waals surface area contributed by atoms with Crippen molar-refractivity contribution in [1.82, 2.24) is 9.38 Å². The minimum absolute atomic E-state index is 0. The lowest BCUT2D eigenvalue weighted by Crippen LogP contribution is -1.74. The summed E-state index contributed by atoms with van der Waals surface area (Å²) in [7, 11) is 0. The Morgan fingerprint density at radius 1 is 1.64 bits per heavy atom. The molecule has 2 rings (SSSR count). The first kappa shape index (κ1) is 8.52. The van der Waals surface area contributed by atoms with Crippen LogP contribution in [0.2, 0.25) is 0 Å². The van der Waals surface area contributed by atoms with Crippen molar-refractivity contribution in [1.29, 1.82) is 0 Å². The standard InChI is InChI=1S/C6H6N2OS.ClH/c9-3-5-2-8-4-7-1-6(8)10-5;/h1-2,4,9H,3H2;1H. The summed E-state index contributed by atoms with van der Waals surface area (Å²) in [5.41, 5.74) is 0. The van der Waals surface area contributed by atoms with Gasteiger partial charge in [-0.05, 0) is 0 Å². The van der Waals surface area contributed by atoms with Gasteiger partial charge in [-0.1, -0.05) is 0 Å². The number of aromatic nitrogens is 2. The molecule has 0 unspecified atom stereocenters. The summed E-state index contributed by atoms with van der Waals surface area (Å²) in [6, 6.07) is 0. The highest BCUT2D eigenvalue weighted by Crippen LogP contribution is 2.16. The lowest BCUT2D eigenvalue weighted by Gasteiger charge is -1.79. The van der Waals surface area contributed by atoms with Crippen molar-refractivity contribution in [3.8, 4) is 0 Å². The molecule has 0 spiro atoms. The van der Waals surface area contributed by atoms with Gasteiger partial charge in [0.1, 0.15) is 4.83 Å². The van der Waals surface area contributed by atoms with Crippen LogP contribution in [0.4, 0.5) is 0 Å². The molecule has 0 saturated carbocycles. The highest BCUT2D eigenvalue weighted by Gasteiger charge is 1.98. The van der Waals surface area contributed by atoms with Gasteiger partial charge in [0.05, 0.1) is 19.1 Å². The maximum absolute atomic E-state index is 8.73. The van der Waals surface area contributed by atoms with Crippen molar-refractivity contribution in [3.05, 3.63) is 23.6 Å². The molecule has 11 heavy (non-hydrogen) atoms. The molecule has 0 aliphatic carbocycles. The minimum atomic E-state index is 0. The van der Waals surface area contributed by atoms with E-state index >= 15 is 0 Å². The van der Waals surface area contributed by atoms with Crippen molar-refractivity contribution in [2.45, 2.75) is 6.61 Å². The van der Waals surface area contributed by atoms with E-state index in [0.717, 1.165) is 9.71 Å². The molecule has 0 radical (unpaired) electrons.